The Balaban J connectivity index is 1.35. The molecule has 0 radical (unpaired) electrons. The normalized spacial score (nSPS) is 35.0. The molecule has 0 aromatic carbocycles. The first kappa shape index (κ1) is 8.85. The smallest absolute Gasteiger partial charge is 0.303 e. The monoisotopic (exact) mass is 206 g/mol. The number of hydrogen-bond donors (Lipinski definition) is 0. The lowest BCUT2D eigenvalue weighted by Gasteiger charge is -2.25. The van der Waals surface area contributed by atoms with Crippen molar-refractivity contribution in [2.45, 2.75) is 18.6 Å². The predicted octanol–water partition coefficient (Wildman–Crippen LogP) is -0.942. The van der Waals surface area contributed by atoms with Crippen molar-refractivity contribution in [2.75, 3.05) is 19.8 Å². The van der Waals surface area contributed by atoms with Gasteiger partial charge in [0.05, 0.1) is 13.2 Å². The summed E-state index contributed by atoms with van der Waals surface area (Å²) in [5.74, 6) is 0. The first-order valence-corrected chi connectivity index (χ1v) is 7.29. The van der Waals surface area contributed by atoms with E-state index in [1.165, 1.54) is 0 Å². The summed E-state index contributed by atoms with van der Waals surface area (Å²) in [5.41, 5.74) is 0. The molecule has 70 valence electrons. The van der Waals surface area contributed by atoms with Crippen molar-refractivity contribution in [3.63, 3.8) is 0 Å². The van der Waals surface area contributed by atoms with Crippen molar-refractivity contribution < 1.29 is 17.7 Å². The van der Waals surface area contributed by atoms with E-state index in [-0.39, 0.29) is 0 Å². The van der Waals surface area contributed by atoms with Gasteiger partial charge < -0.3 is 17.7 Å². The molecule has 0 spiro atoms. The van der Waals surface area contributed by atoms with E-state index < -0.39 is 19.3 Å². The minimum Gasteiger partial charge on any atom is -0.422 e. The fourth-order valence-corrected chi connectivity index (χ4v) is 4.21. The molecule has 0 aromatic rings. The highest BCUT2D eigenvalue weighted by Crippen LogP contribution is 2.10. The van der Waals surface area contributed by atoms with Crippen LogP contribution in [-0.2, 0) is 17.7 Å². The van der Waals surface area contributed by atoms with Gasteiger partial charge in [-0.3, -0.25) is 0 Å². The Morgan fingerprint density at radius 3 is 2.92 bits per heavy atom. The molecule has 0 N–H and O–H groups in total. The van der Waals surface area contributed by atoms with E-state index in [0.717, 1.165) is 32.3 Å². The van der Waals surface area contributed by atoms with Gasteiger partial charge in [0.1, 0.15) is 6.10 Å². The lowest BCUT2D eigenvalue weighted by atomic mass is 10.5. The Kier molecular flexibility index (Phi) is 3.32. The van der Waals surface area contributed by atoms with Gasteiger partial charge in [-0.2, -0.15) is 0 Å². The van der Waals surface area contributed by atoms with Crippen LogP contribution in [0, 0.1) is 0 Å². The average Bonchev–Trinajstić information content (AvgIpc) is 2.76. The Labute approximate surface area is 76.1 Å². The maximum absolute atomic E-state index is 5.37. The number of hydrogen-bond acceptors (Lipinski definition) is 4. The molecule has 6 heteroatoms. The molecule has 2 aliphatic heterocycles. The zero-order valence-electron chi connectivity index (χ0n) is 7.03. The van der Waals surface area contributed by atoms with Gasteiger partial charge in [0.15, 0.2) is 0 Å². The van der Waals surface area contributed by atoms with Gasteiger partial charge in [-0.15, -0.1) is 0 Å². The van der Waals surface area contributed by atoms with Crippen molar-refractivity contribution in [1.82, 2.24) is 0 Å². The lowest BCUT2D eigenvalue weighted by molar-refractivity contribution is 0.115. The van der Waals surface area contributed by atoms with Gasteiger partial charge in [-0.05, 0) is 12.5 Å². The van der Waals surface area contributed by atoms with Crippen LogP contribution in [0.25, 0.3) is 0 Å². The van der Waals surface area contributed by atoms with Crippen LogP contribution >= 0.6 is 0 Å². The second-order valence-corrected chi connectivity index (χ2v) is 7.39. The molecule has 1 unspecified atom stereocenters. The highest BCUT2D eigenvalue weighted by Gasteiger charge is 2.23. The molecule has 4 nitrogen and oxygen atoms in total. The third kappa shape index (κ3) is 2.96. The molecule has 12 heavy (non-hydrogen) atoms. The number of rotatable bonds is 6. The molecule has 2 rings (SSSR count). The van der Waals surface area contributed by atoms with Crippen LogP contribution in [0.3, 0.4) is 0 Å². The number of ether oxygens (including phenoxy) is 2. The van der Waals surface area contributed by atoms with Gasteiger partial charge in [-0.1, -0.05) is 0 Å². The van der Waals surface area contributed by atoms with Crippen LogP contribution in [-0.4, -0.2) is 45.2 Å². The standard InChI is InChI=1S/C6H14O4Si2/c1(3-12-9-11-10-12)2-7-4-6-5-8-6/h6,12H,1-5,11H2. The maximum Gasteiger partial charge on any atom is 0.303 e. The summed E-state index contributed by atoms with van der Waals surface area (Å²) in [4.78, 5) is 0. The maximum atomic E-state index is 5.37. The van der Waals surface area contributed by atoms with Crippen molar-refractivity contribution in [2.24, 2.45) is 0 Å². The van der Waals surface area contributed by atoms with Gasteiger partial charge in [-0.25, -0.2) is 0 Å². The molecule has 2 aliphatic rings. The van der Waals surface area contributed by atoms with Crippen molar-refractivity contribution in [3.8, 4) is 0 Å². The molecular weight excluding hydrogens is 192 g/mol. The van der Waals surface area contributed by atoms with Crippen LogP contribution < -0.4 is 0 Å². The largest absolute Gasteiger partial charge is 0.422 e. The lowest BCUT2D eigenvalue weighted by Crippen LogP contribution is -2.38. The quantitative estimate of drug-likeness (QED) is 0.319. The summed E-state index contributed by atoms with van der Waals surface area (Å²) in [7, 11) is -1.59. The van der Waals surface area contributed by atoms with Crippen molar-refractivity contribution in [3.05, 3.63) is 0 Å². The predicted molar refractivity (Wildman–Crippen MR) is 47.8 cm³/mol. The van der Waals surface area contributed by atoms with Gasteiger partial charge in [0.25, 0.3) is 10.0 Å². The minimum absolute atomic E-state index is 0.394. The topological polar surface area (TPSA) is 40.2 Å². The fraction of sp³-hybridized carbons (Fsp3) is 1.00. The molecule has 0 aliphatic carbocycles. The van der Waals surface area contributed by atoms with E-state index in [9.17, 15) is 0 Å². The average molecular weight is 206 g/mol. The van der Waals surface area contributed by atoms with Crippen LogP contribution in [0.2, 0.25) is 6.04 Å². The van der Waals surface area contributed by atoms with Crippen LogP contribution in [0.15, 0.2) is 0 Å². The van der Waals surface area contributed by atoms with E-state index in [1.807, 2.05) is 0 Å². The summed E-state index contributed by atoms with van der Waals surface area (Å²) in [6.45, 7) is 2.48. The summed E-state index contributed by atoms with van der Waals surface area (Å²) in [5, 5.41) is 0. The van der Waals surface area contributed by atoms with Crippen molar-refractivity contribution >= 4 is 19.3 Å². The van der Waals surface area contributed by atoms with Gasteiger partial charge in [0.2, 0.25) is 0 Å². The molecular formula is C6H14O4Si2. The third-order valence-electron chi connectivity index (χ3n) is 1.94. The van der Waals surface area contributed by atoms with E-state index in [2.05, 4.69) is 0 Å². The van der Waals surface area contributed by atoms with Crippen LogP contribution in [0.1, 0.15) is 6.42 Å². The van der Waals surface area contributed by atoms with Crippen LogP contribution in [0.5, 0.6) is 0 Å². The summed E-state index contributed by atoms with van der Waals surface area (Å²) in [6, 6.07) is 1.11. The Morgan fingerprint density at radius 1 is 1.50 bits per heavy atom. The fourth-order valence-electron chi connectivity index (χ4n) is 1.06. The number of epoxide rings is 1. The van der Waals surface area contributed by atoms with Gasteiger partial charge in [0, 0.05) is 6.61 Å². The Bertz CT molecular complexity index is 138. The second kappa shape index (κ2) is 4.49. The Hall–Kier alpha value is 0.274. The summed E-state index contributed by atoms with van der Waals surface area (Å²) < 4.78 is 21.1. The highest BCUT2D eigenvalue weighted by molar-refractivity contribution is 6.64. The molecule has 1 atom stereocenters. The highest BCUT2D eigenvalue weighted by atomic mass is 28.4. The minimum atomic E-state index is -1.10. The van der Waals surface area contributed by atoms with E-state index in [0.29, 0.717) is 6.10 Å². The second-order valence-electron chi connectivity index (χ2n) is 3.05. The first-order valence-electron chi connectivity index (χ1n) is 4.38. The van der Waals surface area contributed by atoms with E-state index in [4.69, 9.17) is 17.7 Å². The summed E-state index contributed by atoms with van der Waals surface area (Å²) >= 11 is 0. The Morgan fingerprint density at radius 2 is 2.33 bits per heavy atom. The zero-order chi connectivity index (χ0) is 8.23. The van der Waals surface area contributed by atoms with E-state index in [1.54, 1.807) is 0 Å². The molecule has 0 aromatic heterocycles. The molecule has 0 saturated carbocycles. The van der Waals surface area contributed by atoms with Crippen LogP contribution in [0.4, 0.5) is 0 Å². The summed E-state index contributed by atoms with van der Waals surface area (Å²) in [6.07, 6.45) is 1.48. The van der Waals surface area contributed by atoms with Gasteiger partial charge >= 0.3 is 9.28 Å². The SMILES string of the molecule is C(COCC1CO1)C[SiH]1O[SiH2]O1. The first-order chi connectivity index (χ1) is 5.95. The zero-order valence-corrected chi connectivity index (χ0v) is 9.60. The third-order valence-corrected chi connectivity index (χ3v) is 6.89. The molecule has 2 heterocycles. The molecule has 2 saturated heterocycles. The van der Waals surface area contributed by atoms with Crippen molar-refractivity contribution in [1.29, 1.82) is 0 Å². The van der Waals surface area contributed by atoms with E-state index >= 15 is 0 Å². The molecule has 0 bridgehead atoms. The molecule has 2 fully saturated rings. The molecule has 0 amide bonds.